The molecule has 0 amide bonds. The molecule has 1 N–H and O–H groups in total. The summed E-state index contributed by atoms with van der Waals surface area (Å²) in [4.78, 5) is 18.7. The molecule has 1 unspecified atom stereocenters. The zero-order valence-corrected chi connectivity index (χ0v) is 20.4. The molecule has 0 aliphatic rings. The van der Waals surface area contributed by atoms with Crippen LogP contribution in [0.3, 0.4) is 0 Å². The number of tetrazole rings is 1. The SMILES string of the molecule is CCN(Cc1ccccc1)C(c1cc2cc(OC)c(OC)cc2[nH]c1=O)c1nnnn1CCOC. The molecule has 0 aliphatic heterocycles. The smallest absolute Gasteiger partial charge is 0.253 e. The van der Waals surface area contributed by atoms with Crippen molar-refractivity contribution >= 4 is 10.9 Å². The summed E-state index contributed by atoms with van der Waals surface area (Å²) in [5.74, 6) is 1.70. The van der Waals surface area contributed by atoms with Crippen LogP contribution < -0.4 is 15.0 Å². The average Bonchev–Trinajstić information content (AvgIpc) is 3.35. The molecular formula is C25H30N6O4. The van der Waals surface area contributed by atoms with E-state index in [1.807, 2.05) is 30.3 Å². The molecule has 0 saturated heterocycles. The summed E-state index contributed by atoms with van der Waals surface area (Å²) in [5, 5.41) is 13.2. The molecule has 0 fully saturated rings. The van der Waals surface area contributed by atoms with Gasteiger partial charge >= 0.3 is 0 Å². The Morgan fingerprint density at radius 2 is 1.80 bits per heavy atom. The van der Waals surface area contributed by atoms with Gasteiger partial charge in [-0.1, -0.05) is 37.3 Å². The van der Waals surface area contributed by atoms with E-state index in [0.717, 1.165) is 10.9 Å². The lowest BCUT2D eigenvalue weighted by molar-refractivity contribution is 0.174. The predicted molar refractivity (Wildman–Crippen MR) is 132 cm³/mol. The van der Waals surface area contributed by atoms with E-state index in [-0.39, 0.29) is 5.56 Å². The molecule has 0 bridgehead atoms. The van der Waals surface area contributed by atoms with Crippen molar-refractivity contribution in [1.29, 1.82) is 0 Å². The van der Waals surface area contributed by atoms with Gasteiger partial charge in [-0.2, -0.15) is 0 Å². The Morgan fingerprint density at radius 1 is 1.06 bits per heavy atom. The Hall–Kier alpha value is -3.76. The van der Waals surface area contributed by atoms with Gasteiger partial charge in [-0.3, -0.25) is 9.69 Å². The van der Waals surface area contributed by atoms with Gasteiger partial charge in [0.25, 0.3) is 5.56 Å². The van der Waals surface area contributed by atoms with E-state index >= 15 is 0 Å². The van der Waals surface area contributed by atoms with Crippen LogP contribution in [0, 0.1) is 0 Å². The molecule has 4 aromatic rings. The molecule has 2 aromatic heterocycles. The second kappa shape index (κ2) is 11.1. The fourth-order valence-electron chi connectivity index (χ4n) is 4.20. The standard InChI is InChI=1S/C25H30N6O4/c1-5-30(16-17-9-7-6-8-10-17)23(24-27-28-29-31(24)11-12-33-2)19-13-18-14-21(34-3)22(35-4)15-20(18)26-25(19)32/h6-10,13-15,23H,5,11-12,16H2,1-4H3,(H,26,32). The number of hydrogen-bond donors (Lipinski definition) is 1. The third kappa shape index (κ3) is 5.18. The van der Waals surface area contributed by atoms with Crippen LogP contribution in [0.5, 0.6) is 11.5 Å². The van der Waals surface area contributed by atoms with Crippen LogP contribution in [0.1, 0.15) is 29.9 Å². The van der Waals surface area contributed by atoms with Gasteiger partial charge in [0.2, 0.25) is 0 Å². The number of rotatable bonds is 11. The van der Waals surface area contributed by atoms with Gasteiger partial charge in [0.15, 0.2) is 17.3 Å². The lowest BCUT2D eigenvalue weighted by Crippen LogP contribution is -2.35. The second-order valence-corrected chi connectivity index (χ2v) is 8.05. The molecule has 10 heteroatoms. The van der Waals surface area contributed by atoms with E-state index in [2.05, 4.69) is 44.5 Å². The van der Waals surface area contributed by atoms with Crippen LogP contribution in [0.2, 0.25) is 0 Å². The first kappa shape index (κ1) is 24.4. The summed E-state index contributed by atoms with van der Waals surface area (Å²) in [5.41, 5.74) is 2.10. The van der Waals surface area contributed by atoms with Crippen molar-refractivity contribution in [2.24, 2.45) is 0 Å². The highest BCUT2D eigenvalue weighted by molar-refractivity contribution is 5.83. The van der Waals surface area contributed by atoms with Crippen LogP contribution in [-0.4, -0.2) is 64.6 Å². The maximum atomic E-state index is 13.5. The normalized spacial score (nSPS) is 12.3. The Balaban J connectivity index is 1.88. The van der Waals surface area contributed by atoms with Crippen molar-refractivity contribution in [2.45, 2.75) is 26.1 Å². The molecule has 0 spiro atoms. The van der Waals surface area contributed by atoms with E-state index < -0.39 is 6.04 Å². The number of methoxy groups -OCH3 is 3. The summed E-state index contributed by atoms with van der Waals surface area (Å²) >= 11 is 0. The zero-order chi connectivity index (χ0) is 24.8. The van der Waals surface area contributed by atoms with Gasteiger partial charge < -0.3 is 19.2 Å². The number of pyridine rings is 1. The van der Waals surface area contributed by atoms with E-state index in [9.17, 15) is 4.79 Å². The van der Waals surface area contributed by atoms with Crippen molar-refractivity contribution in [2.75, 3.05) is 34.5 Å². The number of benzene rings is 2. The first-order chi connectivity index (χ1) is 17.1. The third-order valence-corrected chi connectivity index (χ3v) is 5.98. The van der Waals surface area contributed by atoms with Crippen LogP contribution in [-0.2, 0) is 17.8 Å². The Morgan fingerprint density at radius 3 is 2.49 bits per heavy atom. The number of aromatic nitrogens is 5. The number of ether oxygens (including phenoxy) is 3. The molecular weight excluding hydrogens is 448 g/mol. The number of fused-ring (bicyclic) bond motifs is 1. The van der Waals surface area contributed by atoms with Crippen molar-refractivity contribution in [1.82, 2.24) is 30.1 Å². The minimum absolute atomic E-state index is 0.220. The lowest BCUT2D eigenvalue weighted by atomic mass is 10.0. The lowest BCUT2D eigenvalue weighted by Gasteiger charge is -2.30. The van der Waals surface area contributed by atoms with Crippen LogP contribution in [0.25, 0.3) is 10.9 Å². The Bertz CT molecular complexity index is 1320. The summed E-state index contributed by atoms with van der Waals surface area (Å²) in [6.07, 6.45) is 0. The molecule has 10 nitrogen and oxygen atoms in total. The number of hydrogen-bond acceptors (Lipinski definition) is 8. The summed E-state index contributed by atoms with van der Waals surface area (Å²) in [6, 6.07) is 15.1. The van der Waals surface area contributed by atoms with Crippen molar-refractivity contribution in [3.05, 3.63) is 75.8 Å². The number of nitrogens with zero attached hydrogens (tertiary/aromatic N) is 5. The Kier molecular flexibility index (Phi) is 7.74. The Labute approximate surface area is 203 Å². The number of H-pyrrole nitrogens is 1. The fourth-order valence-corrected chi connectivity index (χ4v) is 4.20. The summed E-state index contributed by atoms with van der Waals surface area (Å²) in [7, 11) is 4.78. The van der Waals surface area contributed by atoms with Gasteiger partial charge in [-0.25, -0.2) is 4.68 Å². The van der Waals surface area contributed by atoms with E-state index in [4.69, 9.17) is 14.2 Å². The summed E-state index contributed by atoms with van der Waals surface area (Å²) < 4.78 is 17.8. The fraction of sp³-hybridized carbons (Fsp3) is 0.360. The van der Waals surface area contributed by atoms with Crippen LogP contribution >= 0.6 is 0 Å². The highest BCUT2D eigenvalue weighted by atomic mass is 16.5. The minimum atomic E-state index is -0.492. The van der Waals surface area contributed by atoms with E-state index in [0.29, 0.717) is 54.6 Å². The zero-order valence-electron chi connectivity index (χ0n) is 20.4. The van der Waals surface area contributed by atoms with Gasteiger partial charge in [0.1, 0.15) is 6.04 Å². The van der Waals surface area contributed by atoms with E-state index in [1.165, 1.54) is 0 Å². The topological polar surface area (TPSA) is 107 Å². The number of nitrogens with one attached hydrogen (secondary N) is 1. The largest absolute Gasteiger partial charge is 0.493 e. The molecule has 184 valence electrons. The first-order valence-electron chi connectivity index (χ1n) is 11.4. The first-order valence-corrected chi connectivity index (χ1v) is 11.4. The van der Waals surface area contributed by atoms with Gasteiger partial charge in [0, 0.05) is 30.7 Å². The monoisotopic (exact) mass is 478 g/mol. The molecule has 0 aliphatic carbocycles. The molecule has 1 atom stereocenters. The summed E-state index contributed by atoms with van der Waals surface area (Å²) in [6.45, 7) is 4.25. The average molecular weight is 479 g/mol. The molecule has 35 heavy (non-hydrogen) atoms. The van der Waals surface area contributed by atoms with Crippen molar-refractivity contribution in [3.8, 4) is 11.5 Å². The minimum Gasteiger partial charge on any atom is -0.493 e. The predicted octanol–water partition coefficient (Wildman–Crippen LogP) is 2.79. The molecule has 2 aromatic carbocycles. The quantitative estimate of drug-likeness (QED) is 0.351. The van der Waals surface area contributed by atoms with Gasteiger partial charge in [-0.05, 0) is 34.7 Å². The van der Waals surface area contributed by atoms with Crippen LogP contribution in [0.15, 0.2) is 53.3 Å². The van der Waals surface area contributed by atoms with Crippen molar-refractivity contribution < 1.29 is 14.2 Å². The third-order valence-electron chi connectivity index (χ3n) is 5.98. The number of aromatic amines is 1. The maximum absolute atomic E-state index is 13.5. The molecule has 0 radical (unpaired) electrons. The highest BCUT2D eigenvalue weighted by Crippen LogP contribution is 2.33. The molecule has 2 heterocycles. The van der Waals surface area contributed by atoms with Crippen molar-refractivity contribution in [3.63, 3.8) is 0 Å². The second-order valence-electron chi connectivity index (χ2n) is 8.05. The maximum Gasteiger partial charge on any atom is 0.253 e. The molecule has 0 saturated carbocycles. The van der Waals surface area contributed by atoms with Gasteiger partial charge in [0.05, 0.1) is 32.9 Å². The van der Waals surface area contributed by atoms with E-state index in [1.54, 1.807) is 32.1 Å². The molecule has 4 rings (SSSR count). The highest BCUT2D eigenvalue weighted by Gasteiger charge is 2.30. The van der Waals surface area contributed by atoms with Crippen LogP contribution in [0.4, 0.5) is 0 Å². The van der Waals surface area contributed by atoms with Gasteiger partial charge in [-0.15, -0.1) is 5.10 Å².